The highest BCUT2D eigenvalue weighted by Gasteiger charge is 2.27. The lowest BCUT2D eigenvalue weighted by Gasteiger charge is -2.29. The number of ether oxygens (including phenoxy) is 2. The highest BCUT2D eigenvalue weighted by molar-refractivity contribution is 5.33. The molecule has 0 unspecified atom stereocenters. The second-order valence-corrected chi connectivity index (χ2v) is 9.28. The second-order valence-electron chi connectivity index (χ2n) is 9.28. The first kappa shape index (κ1) is 25.6. The van der Waals surface area contributed by atoms with Crippen molar-refractivity contribution in [3.63, 3.8) is 0 Å². The summed E-state index contributed by atoms with van der Waals surface area (Å²) in [6, 6.07) is 8.37. The molecule has 0 spiro atoms. The maximum absolute atomic E-state index is 14.8. The predicted octanol–water partition coefficient (Wildman–Crippen LogP) is 8.39. The Morgan fingerprint density at radius 1 is 0.848 bits per heavy atom. The molecule has 2 aromatic carbocycles. The highest BCUT2D eigenvalue weighted by Crippen LogP contribution is 2.37. The third-order valence-corrected chi connectivity index (χ3v) is 6.63. The molecule has 1 aliphatic carbocycles. The summed E-state index contributed by atoms with van der Waals surface area (Å²) in [7, 11) is 0. The van der Waals surface area contributed by atoms with Crippen molar-refractivity contribution < 1.29 is 22.6 Å². The summed E-state index contributed by atoms with van der Waals surface area (Å²) < 4.78 is 54.8. The Bertz CT molecular complexity index is 876. The Balaban J connectivity index is 1.45. The van der Waals surface area contributed by atoms with Gasteiger partial charge in [-0.05, 0) is 68.2 Å². The summed E-state index contributed by atoms with van der Waals surface area (Å²) >= 11 is 0. The molecule has 3 rings (SSSR count). The molecule has 33 heavy (non-hydrogen) atoms. The molecule has 1 saturated carbocycles. The summed E-state index contributed by atoms with van der Waals surface area (Å²) in [5.74, 6) is -1.96. The van der Waals surface area contributed by atoms with Gasteiger partial charge in [-0.1, -0.05) is 57.2 Å². The van der Waals surface area contributed by atoms with Crippen molar-refractivity contribution >= 4 is 0 Å². The van der Waals surface area contributed by atoms with Gasteiger partial charge in [0.1, 0.15) is 5.82 Å². The van der Waals surface area contributed by atoms with Crippen LogP contribution in [-0.2, 0) is 11.3 Å². The Morgan fingerprint density at radius 2 is 1.58 bits per heavy atom. The number of unbranched alkanes of at least 4 members (excludes halogenated alkanes) is 5. The first-order valence-corrected chi connectivity index (χ1v) is 12.5. The molecule has 2 nitrogen and oxygen atoms in total. The van der Waals surface area contributed by atoms with Gasteiger partial charge in [0.2, 0.25) is 5.82 Å². The van der Waals surface area contributed by atoms with Gasteiger partial charge < -0.3 is 9.47 Å². The molecule has 0 aromatic heterocycles. The third kappa shape index (κ3) is 7.49. The van der Waals surface area contributed by atoms with Crippen molar-refractivity contribution in [3.8, 4) is 5.75 Å². The van der Waals surface area contributed by atoms with Gasteiger partial charge in [0.25, 0.3) is 0 Å². The summed E-state index contributed by atoms with van der Waals surface area (Å²) in [5.41, 5.74) is 1.85. The van der Waals surface area contributed by atoms with Crippen LogP contribution in [0, 0.1) is 24.4 Å². The van der Waals surface area contributed by atoms with Crippen molar-refractivity contribution in [2.45, 2.75) is 96.7 Å². The van der Waals surface area contributed by atoms with Crippen molar-refractivity contribution in [2.24, 2.45) is 0 Å². The molecule has 182 valence electrons. The fourth-order valence-corrected chi connectivity index (χ4v) is 4.56. The van der Waals surface area contributed by atoms with Crippen molar-refractivity contribution in [1.82, 2.24) is 0 Å². The summed E-state index contributed by atoms with van der Waals surface area (Å²) in [6.07, 6.45) is 9.64. The van der Waals surface area contributed by atoms with E-state index in [0.29, 0.717) is 17.7 Å². The maximum Gasteiger partial charge on any atom is 0.200 e. The Morgan fingerprint density at radius 3 is 2.30 bits per heavy atom. The zero-order chi connectivity index (χ0) is 23.6. The molecule has 0 radical (unpaired) electrons. The molecule has 5 heteroatoms. The quantitative estimate of drug-likeness (QED) is 0.295. The van der Waals surface area contributed by atoms with Crippen LogP contribution in [0.3, 0.4) is 0 Å². The third-order valence-electron chi connectivity index (χ3n) is 6.63. The molecule has 1 aliphatic rings. The van der Waals surface area contributed by atoms with Gasteiger partial charge in [-0.15, -0.1) is 0 Å². The van der Waals surface area contributed by atoms with E-state index in [1.807, 2.05) is 13.0 Å². The highest BCUT2D eigenvalue weighted by atomic mass is 19.2. The number of hydrogen-bond donors (Lipinski definition) is 0. The lowest BCUT2D eigenvalue weighted by Crippen LogP contribution is -2.21. The minimum Gasteiger partial charge on any atom is -0.490 e. The van der Waals surface area contributed by atoms with Gasteiger partial charge in [-0.3, -0.25) is 0 Å². The lowest BCUT2D eigenvalue weighted by molar-refractivity contribution is 0.0118. The Hall–Kier alpha value is -2.01. The molecule has 0 aliphatic heterocycles. The maximum atomic E-state index is 14.8. The normalized spacial score (nSPS) is 18.5. The smallest absolute Gasteiger partial charge is 0.200 e. The number of rotatable bonds is 12. The fraction of sp³-hybridized carbons (Fsp3) is 0.571. The SMILES string of the molecule is CCCCCCCCOc1ccc(C2CCC(OCc3ccc(C)cc3F)CC2)c(F)c1F. The first-order chi connectivity index (χ1) is 16.0. The lowest BCUT2D eigenvalue weighted by atomic mass is 9.82. The summed E-state index contributed by atoms with van der Waals surface area (Å²) in [4.78, 5) is 0. The van der Waals surface area contributed by atoms with E-state index in [1.165, 1.54) is 25.3 Å². The number of halogens is 3. The number of hydrogen-bond acceptors (Lipinski definition) is 2. The van der Waals surface area contributed by atoms with Gasteiger partial charge in [-0.25, -0.2) is 8.78 Å². The molecule has 0 heterocycles. The van der Waals surface area contributed by atoms with E-state index in [1.54, 1.807) is 18.2 Å². The molecule has 2 aromatic rings. The van der Waals surface area contributed by atoms with Gasteiger partial charge in [0.15, 0.2) is 11.6 Å². The molecule has 0 bridgehead atoms. The van der Waals surface area contributed by atoms with E-state index in [4.69, 9.17) is 9.47 Å². The molecule has 1 fully saturated rings. The van der Waals surface area contributed by atoms with E-state index >= 15 is 0 Å². The molecule has 0 atom stereocenters. The fourth-order valence-electron chi connectivity index (χ4n) is 4.56. The zero-order valence-electron chi connectivity index (χ0n) is 20.0. The molecular formula is C28H37F3O2. The van der Waals surface area contributed by atoms with Crippen LogP contribution in [0.5, 0.6) is 5.75 Å². The monoisotopic (exact) mass is 462 g/mol. The van der Waals surface area contributed by atoms with Crippen LogP contribution in [0.15, 0.2) is 30.3 Å². The number of benzene rings is 2. The molecule has 0 amide bonds. The van der Waals surface area contributed by atoms with Crippen LogP contribution < -0.4 is 4.74 Å². The standard InChI is InChI=1S/C28H37F3O2/c1-3-4-5-6-7-8-17-32-26-16-15-24(27(30)28(26)31)21-11-13-23(14-12-21)33-19-22-10-9-20(2)18-25(22)29/h9-10,15-16,18,21,23H,3-8,11-14,17,19H2,1-2H3. The van der Waals surface area contributed by atoms with Crippen LogP contribution in [-0.4, -0.2) is 12.7 Å². The topological polar surface area (TPSA) is 18.5 Å². The van der Waals surface area contributed by atoms with E-state index in [-0.39, 0.29) is 30.2 Å². The second kappa shape index (κ2) is 13.0. The average Bonchev–Trinajstić information content (AvgIpc) is 2.81. The molecule has 0 N–H and O–H groups in total. The van der Waals surface area contributed by atoms with Gasteiger partial charge >= 0.3 is 0 Å². The van der Waals surface area contributed by atoms with Crippen molar-refractivity contribution in [2.75, 3.05) is 6.61 Å². The Labute approximate surface area is 196 Å². The zero-order valence-corrected chi connectivity index (χ0v) is 20.0. The van der Waals surface area contributed by atoms with Gasteiger partial charge in [-0.2, -0.15) is 4.39 Å². The van der Waals surface area contributed by atoms with Crippen LogP contribution in [0.25, 0.3) is 0 Å². The Kier molecular flexibility index (Phi) is 10.1. The van der Waals surface area contributed by atoms with Crippen molar-refractivity contribution in [3.05, 3.63) is 64.5 Å². The summed E-state index contributed by atoms with van der Waals surface area (Å²) in [5, 5.41) is 0. The van der Waals surface area contributed by atoms with E-state index in [2.05, 4.69) is 6.92 Å². The van der Waals surface area contributed by atoms with E-state index < -0.39 is 11.6 Å². The molecular weight excluding hydrogens is 425 g/mol. The van der Waals surface area contributed by atoms with Crippen LogP contribution in [0.2, 0.25) is 0 Å². The predicted molar refractivity (Wildman–Crippen MR) is 126 cm³/mol. The molecule has 0 saturated heterocycles. The van der Waals surface area contributed by atoms with Gasteiger partial charge in [0.05, 0.1) is 19.3 Å². The summed E-state index contributed by atoms with van der Waals surface area (Å²) in [6.45, 7) is 4.67. The first-order valence-electron chi connectivity index (χ1n) is 12.5. The minimum atomic E-state index is -0.883. The van der Waals surface area contributed by atoms with E-state index in [0.717, 1.165) is 50.5 Å². The van der Waals surface area contributed by atoms with Crippen LogP contribution in [0.1, 0.15) is 93.7 Å². The number of aryl methyl sites for hydroxylation is 1. The van der Waals surface area contributed by atoms with Crippen molar-refractivity contribution in [1.29, 1.82) is 0 Å². The van der Waals surface area contributed by atoms with Crippen LogP contribution >= 0.6 is 0 Å². The van der Waals surface area contributed by atoms with Gasteiger partial charge in [0, 0.05) is 5.56 Å². The average molecular weight is 463 g/mol. The largest absolute Gasteiger partial charge is 0.490 e. The minimum absolute atomic E-state index is 0.00181. The van der Waals surface area contributed by atoms with E-state index in [9.17, 15) is 13.2 Å². The van der Waals surface area contributed by atoms with Crippen LogP contribution in [0.4, 0.5) is 13.2 Å².